The maximum absolute atomic E-state index is 14.9. The number of rotatable bonds is 7. The zero-order valence-corrected chi connectivity index (χ0v) is 23.5. The minimum atomic E-state index is -4.69. The molecule has 0 amide bonds. The van der Waals surface area contributed by atoms with Crippen molar-refractivity contribution in [3.63, 3.8) is 0 Å². The van der Waals surface area contributed by atoms with Crippen molar-refractivity contribution in [3.05, 3.63) is 129 Å². The summed E-state index contributed by atoms with van der Waals surface area (Å²) < 4.78 is 63.0. The van der Waals surface area contributed by atoms with E-state index < -0.39 is 28.7 Å². The van der Waals surface area contributed by atoms with Crippen LogP contribution in [0.25, 0.3) is 0 Å². The van der Waals surface area contributed by atoms with Crippen LogP contribution in [0.4, 0.5) is 17.6 Å². The number of nitrogens with zero attached hydrogens (tertiary/aromatic N) is 3. The topological polar surface area (TPSA) is 77.8 Å². The van der Waals surface area contributed by atoms with E-state index in [-0.39, 0.29) is 24.8 Å². The predicted molar refractivity (Wildman–Crippen MR) is 153 cm³/mol. The Balaban J connectivity index is 1.27. The van der Waals surface area contributed by atoms with Gasteiger partial charge in [0.05, 0.1) is 17.9 Å². The number of hydrogen-bond acceptors (Lipinski definition) is 6. The molecule has 2 aromatic carbocycles. The third-order valence-corrected chi connectivity index (χ3v) is 8.52. The zero-order chi connectivity index (χ0) is 30.2. The predicted octanol–water partition coefficient (Wildman–Crippen LogP) is 5.10. The number of likely N-dealkylation sites (tertiary alicyclic amines) is 1. The van der Waals surface area contributed by atoms with Gasteiger partial charge in [0.2, 0.25) is 5.56 Å². The maximum atomic E-state index is 14.9. The number of pyridine rings is 1. The molecule has 0 bridgehead atoms. The van der Waals surface area contributed by atoms with Crippen LogP contribution in [-0.4, -0.2) is 51.6 Å². The second kappa shape index (κ2) is 11.5. The van der Waals surface area contributed by atoms with Crippen molar-refractivity contribution in [2.75, 3.05) is 26.3 Å². The lowest BCUT2D eigenvalue weighted by atomic mass is 9.83. The first-order valence-corrected chi connectivity index (χ1v) is 14.3. The summed E-state index contributed by atoms with van der Waals surface area (Å²) in [7, 11) is 0. The van der Waals surface area contributed by atoms with Gasteiger partial charge >= 0.3 is 6.18 Å². The molecule has 7 nitrogen and oxygen atoms in total. The normalized spacial score (nSPS) is 19.1. The van der Waals surface area contributed by atoms with Crippen molar-refractivity contribution in [1.29, 1.82) is 0 Å². The molecule has 43 heavy (non-hydrogen) atoms. The summed E-state index contributed by atoms with van der Waals surface area (Å²) in [6.45, 7) is 2.46. The summed E-state index contributed by atoms with van der Waals surface area (Å²) in [5, 5.41) is 0. The lowest BCUT2D eigenvalue weighted by molar-refractivity contribution is -0.138. The smallest absolute Gasteiger partial charge is 0.416 e. The average molecular weight is 596 g/mol. The van der Waals surface area contributed by atoms with E-state index in [0.717, 1.165) is 34.9 Å². The van der Waals surface area contributed by atoms with Gasteiger partial charge in [-0.25, -0.2) is 4.39 Å². The van der Waals surface area contributed by atoms with E-state index in [0.29, 0.717) is 44.7 Å². The van der Waals surface area contributed by atoms with E-state index in [1.165, 1.54) is 6.07 Å². The molecule has 3 aromatic rings. The number of hydrogen-bond donors (Lipinski definition) is 2. The molecule has 226 valence electrons. The first kappa shape index (κ1) is 29.0. The minimum absolute atomic E-state index is 0.151. The molecule has 1 spiro atoms. The van der Waals surface area contributed by atoms with Gasteiger partial charge in [0, 0.05) is 81.2 Å². The minimum Gasteiger partial charge on any atom is -0.488 e. The molecule has 1 aromatic heterocycles. The molecule has 0 saturated carbocycles. The Labute approximate surface area is 246 Å². The van der Waals surface area contributed by atoms with Gasteiger partial charge in [-0.3, -0.25) is 9.69 Å². The third kappa shape index (κ3) is 6.05. The average Bonchev–Trinajstić information content (AvgIpc) is 3.34. The second-order valence-electron chi connectivity index (χ2n) is 11.4. The van der Waals surface area contributed by atoms with Crippen molar-refractivity contribution < 1.29 is 22.3 Å². The molecule has 0 unspecified atom stereocenters. The Morgan fingerprint density at radius 2 is 1.77 bits per heavy atom. The van der Waals surface area contributed by atoms with Crippen molar-refractivity contribution in [1.82, 2.24) is 19.7 Å². The van der Waals surface area contributed by atoms with Crippen LogP contribution in [0.3, 0.4) is 0 Å². The number of benzene rings is 2. The molecule has 11 heteroatoms. The lowest BCUT2D eigenvalue weighted by Crippen LogP contribution is -2.49. The molecular formula is C32H33F4N5O2. The highest BCUT2D eigenvalue weighted by Gasteiger charge is 2.48. The lowest BCUT2D eigenvalue weighted by Gasteiger charge is -2.44. The van der Waals surface area contributed by atoms with Crippen LogP contribution in [0.15, 0.2) is 95.4 Å². The SMILES string of the molecule is N[C@@H](CN1C=C2C(=COC23CCN(Cc2ccc(=O)[nH]c2)CC3)N(Cc2c(F)cccc2C(F)(F)F)C1)c1ccccc1. The standard InChI is InChI=1S/C32H33F4N5O2/c33-27-8-4-7-25(32(34,35)36)24(27)17-41-21-40(19-28(37)23-5-2-1-3-6-23)18-26-29(41)20-43-31(26)11-13-39(14-12-31)16-22-9-10-30(42)38-15-22/h1-10,15,18,20,28H,11-14,16-17,19,21,37H2,(H,38,42)/t28-/m0/s1. The van der Waals surface area contributed by atoms with Crippen LogP contribution in [0, 0.1) is 5.82 Å². The van der Waals surface area contributed by atoms with Gasteiger partial charge in [0.25, 0.3) is 0 Å². The molecule has 3 aliphatic rings. The summed E-state index contributed by atoms with van der Waals surface area (Å²) in [4.78, 5) is 20.2. The van der Waals surface area contributed by atoms with Crippen LogP contribution >= 0.6 is 0 Å². The Hall–Kier alpha value is -4.09. The number of nitrogens with two attached hydrogens (primary N) is 1. The van der Waals surface area contributed by atoms with Crippen LogP contribution in [-0.2, 0) is 24.0 Å². The highest BCUT2D eigenvalue weighted by molar-refractivity contribution is 5.44. The summed E-state index contributed by atoms with van der Waals surface area (Å²) in [5.41, 5.74) is 7.83. The number of ether oxygens (including phenoxy) is 1. The molecule has 6 rings (SSSR count). The van der Waals surface area contributed by atoms with E-state index in [2.05, 4.69) is 9.88 Å². The molecule has 0 radical (unpaired) electrons. The number of nitrogens with one attached hydrogen (secondary N) is 1. The molecule has 3 aliphatic heterocycles. The summed E-state index contributed by atoms with van der Waals surface area (Å²) in [6, 6.07) is 15.7. The van der Waals surface area contributed by atoms with Gasteiger partial charge in [-0.2, -0.15) is 13.2 Å². The molecule has 1 saturated heterocycles. The fourth-order valence-electron chi connectivity index (χ4n) is 6.22. The van der Waals surface area contributed by atoms with Crippen molar-refractivity contribution in [2.24, 2.45) is 5.73 Å². The molecule has 3 N–H and O–H groups in total. The highest BCUT2D eigenvalue weighted by Crippen LogP contribution is 2.46. The van der Waals surface area contributed by atoms with Crippen LogP contribution in [0.1, 0.15) is 41.1 Å². The summed E-state index contributed by atoms with van der Waals surface area (Å²) >= 11 is 0. The first-order valence-electron chi connectivity index (χ1n) is 14.3. The van der Waals surface area contributed by atoms with Crippen LogP contribution in [0.5, 0.6) is 0 Å². The largest absolute Gasteiger partial charge is 0.488 e. The third-order valence-electron chi connectivity index (χ3n) is 8.52. The zero-order valence-electron chi connectivity index (χ0n) is 23.5. The number of aromatic amines is 1. The van der Waals surface area contributed by atoms with Gasteiger partial charge in [-0.1, -0.05) is 42.5 Å². The van der Waals surface area contributed by atoms with Gasteiger partial charge < -0.3 is 25.3 Å². The maximum Gasteiger partial charge on any atom is 0.416 e. The van der Waals surface area contributed by atoms with E-state index in [1.807, 2.05) is 47.5 Å². The number of fused-ring (bicyclic) bond motifs is 2. The number of halogens is 4. The Morgan fingerprint density at radius 1 is 1.00 bits per heavy atom. The first-order chi connectivity index (χ1) is 20.6. The van der Waals surface area contributed by atoms with Gasteiger partial charge in [0.15, 0.2) is 0 Å². The molecule has 0 aliphatic carbocycles. The highest BCUT2D eigenvalue weighted by atomic mass is 19.4. The van der Waals surface area contributed by atoms with E-state index in [1.54, 1.807) is 17.4 Å². The monoisotopic (exact) mass is 595 g/mol. The van der Waals surface area contributed by atoms with Gasteiger partial charge in [0.1, 0.15) is 17.7 Å². The van der Waals surface area contributed by atoms with E-state index >= 15 is 0 Å². The Kier molecular flexibility index (Phi) is 7.78. The molecule has 1 atom stereocenters. The molecular weight excluding hydrogens is 562 g/mol. The number of H-pyrrole nitrogens is 1. The van der Waals surface area contributed by atoms with Gasteiger partial charge in [-0.05, 0) is 23.3 Å². The fourth-order valence-corrected chi connectivity index (χ4v) is 6.22. The van der Waals surface area contributed by atoms with Crippen molar-refractivity contribution >= 4 is 0 Å². The van der Waals surface area contributed by atoms with Crippen molar-refractivity contribution in [2.45, 2.75) is 43.8 Å². The fraction of sp³-hybridized carbons (Fsp3) is 0.344. The number of piperidine rings is 1. The molecule has 1 fully saturated rings. The van der Waals surface area contributed by atoms with Crippen molar-refractivity contribution in [3.8, 4) is 0 Å². The second-order valence-corrected chi connectivity index (χ2v) is 11.4. The Morgan fingerprint density at radius 3 is 2.47 bits per heavy atom. The van der Waals surface area contributed by atoms with Gasteiger partial charge in [-0.15, -0.1) is 0 Å². The number of aromatic nitrogens is 1. The summed E-state index contributed by atoms with van der Waals surface area (Å²) in [6.07, 6.45) is 1.96. The van der Waals surface area contributed by atoms with Crippen LogP contribution < -0.4 is 11.3 Å². The molecule has 4 heterocycles. The quantitative estimate of drug-likeness (QED) is 0.371. The Bertz CT molecular complexity index is 1560. The number of alkyl halides is 3. The van der Waals surface area contributed by atoms with E-state index in [9.17, 15) is 22.4 Å². The van der Waals surface area contributed by atoms with Crippen LogP contribution in [0.2, 0.25) is 0 Å². The summed E-state index contributed by atoms with van der Waals surface area (Å²) in [5.74, 6) is -0.900. The van der Waals surface area contributed by atoms with E-state index in [4.69, 9.17) is 10.5 Å².